The van der Waals surface area contributed by atoms with E-state index >= 15 is 0 Å². The Morgan fingerprint density at radius 3 is 2.31 bits per heavy atom. The highest BCUT2D eigenvalue weighted by atomic mass is 16.3. The number of rotatable bonds is 6. The number of hydrogen-bond donors (Lipinski definition) is 2. The minimum absolute atomic E-state index is 0.0347. The second kappa shape index (κ2) is 6.38. The van der Waals surface area contributed by atoms with Crippen molar-refractivity contribution in [3.63, 3.8) is 0 Å². The van der Waals surface area contributed by atoms with Gasteiger partial charge in [-0.25, -0.2) is 0 Å². The standard InChI is InChI=1S/C21H30N2O3/c1-5-23(12-13-24)16-8-6-15(7-9-16)22-18(26)21-11-10-20(4,17(25)14-21)19(21,2)3/h6-9,24H,5,10-14H2,1-4H3,(H,22,26). The Morgan fingerprint density at radius 1 is 1.19 bits per heavy atom. The van der Waals surface area contributed by atoms with E-state index in [1.54, 1.807) is 0 Å². The molecule has 0 radical (unpaired) electrons. The SMILES string of the molecule is CCN(CCO)c1ccc(NC(=O)C23CCC(C)(C(=O)C2)C3(C)C)cc1. The number of anilines is 2. The van der Waals surface area contributed by atoms with Crippen LogP contribution in [0, 0.1) is 16.2 Å². The summed E-state index contributed by atoms with van der Waals surface area (Å²) in [6, 6.07) is 7.69. The highest BCUT2D eigenvalue weighted by molar-refractivity contribution is 6.04. The molecular weight excluding hydrogens is 328 g/mol. The third kappa shape index (κ3) is 2.48. The normalized spacial score (nSPS) is 29.0. The van der Waals surface area contributed by atoms with Crippen LogP contribution >= 0.6 is 0 Å². The second-order valence-corrected chi connectivity index (χ2v) is 8.44. The zero-order valence-electron chi connectivity index (χ0n) is 16.3. The fourth-order valence-corrected chi connectivity index (χ4v) is 4.96. The van der Waals surface area contributed by atoms with Crippen LogP contribution in [-0.2, 0) is 9.59 Å². The van der Waals surface area contributed by atoms with Gasteiger partial charge in [-0.15, -0.1) is 0 Å². The molecule has 1 aromatic rings. The molecule has 142 valence electrons. The van der Waals surface area contributed by atoms with Gasteiger partial charge in [-0.3, -0.25) is 9.59 Å². The summed E-state index contributed by atoms with van der Waals surface area (Å²) in [6.07, 6.45) is 1.91. The summed E-state index contributed by atoms with van der Waals surface area (Å²) in [5, 5.41) is 12.2. The van der Waals surface area contributed by atoms with Crippen molar-refractivity contribution in [2.24, 2.45) is 16.2 Å². The molecule has 3 rings (SSSR count). The zero-order chi connectivity index (χ0) is 19.2. The number of likely N-dealkylation sites (N-methyl/N-ethyl adjacent to an activating group) is 1. The van der Waals surface area contributed by atoms with Gasteiger partial charge in [-0.2, -0.15) is 0 Å². The van der Waals surface area contributed by atoms with Gasteiger partial charge in [0.2, 0.25) is 5.91 Å². The molecule has 0 saturated heterocycles. The molecule has 0 heterocycles. The lowest BCUT2D eigenvalue weighted by molar-refractivity contribution is -0.131. The highest BCUT2D eigenvalue weighted by Crippen LogP contribution is 2.70. The molecule has 26 heavy (non-hydrogen) atoms. The summed E-state index contributed by atoms with van der Waals surface area (Å²) in [6.45, 7) is 9.71. The summed E-state index contributed by atoms with van der Waals surface area (Å²) in [4.78, 5) is 27.8. The molecule has 2 aliphatic carbocycles. The van der Waals surface area contributed by atoms with Crippen molar-refractivity contribution >= 4 is 23.1 Å². The molecule has 2 bridgehead atoms. The van der Waals surface area contributed by atoms with Crippen LogP contribution in [0.4, 0.5) is 11.4 Å². The van der Waals surface area contributed by atoms with Crippen molar-refractivity contribution in [1.82, 2.24) is 0 Å². The fraction of sp³-hybridized carbons (Fsp3) is 0.619. The molecule has 0 aliphatic heterocycles. The van der Waals surface area contributed by atoms with E-state index in [2.05, 4.69) is 24.1 Å². The topological polar surface area (TPSA) is 69.6 Å². The Balaban J connectivity index is 1.78. The predicted octanol–water partition coefficient (Wildman–Crippen LogP) is 3.23. The Hall–Kier alpha value is -1.88. The first-order valence-corrected chi connectivity index (χ1v) is 9.52. The van der Waals surface area contributed by atoms with Crippen molar-refractivity contribution < 1.29 is 14.7 Å². The third-order valence-corrected chi connectivity index (χ3v) is 7.38. The number of ketones is 1. The van der Waals surface area contributed by atoms with Crippen LogP contribution < -0.4 is 10.2 Å². The number of amides is 1. The van der Waals surface area contributed by atoms with Gasteiger partial charge in [-0.1, -0.05) is 20.8 Å². The van der Waals surface area contributed by atoms with Crippen LogP contribution in [0.5, 0.6) is 0 Å². The second-order valence-electron chi connectivity index (χ2n) is 8.44. The summed E-state index contributed by atoms with van der Waals surface area (Å²) < 4.78 is 0. The van der Waals surface area contributed by atoms with E-state index in [1.165, 1.54) is 0 Å². The van der Waals surface area contributed by atoms with Gasteiger partial charge in [0.25, 0.3) is 0 Å². The molecule has 2 N–H and O–H groups in total. The Labute approximate surface area is 155 Å². The van der Waals surface area contributed by atoms with E-state index in [9.17, 15) is 9.59 Å². The number of nitrogens with one attached hydrogen (secondary N) is 1. The third-order valence-electron chi connectivity index (χ3n) is 7.38. The van der Waals surface area contributed by atoms with Crippen molar-refractivity contribution in [2.45, 2.75) is 47.0 Å². The summed E-state index contributed by atoms with van der Waals surface area (Å²) >= 11 is 0. The maximum atomic E-state index is 13.2. The first-order valence-electron chi connectivity index (χ1n) is 9.52. The number of aliphatic hydroxyl groups excluding tert-OH is 1. The quantitative estimate of drug-likeness (QED) is 0.819. The number of hydrogen-bond acceptors (Lipinski definition) is 4. The molecule has 1 aromatic carbocycles. The van der Waals surface area contributed by atoms with E-state index in [0.29, 0.717) is 13.0 Å². The molecule has 5 heteroatoms. The Kier molecular flexibility index (Phi) is 4.63. The molecule has 2 fully saturated rings. The highest BCUT2D eigenvalue weighted by Gasteiger charge is 2.72. The average molecular weight is 358 g/mol. The lowest BCUT2D eigenvalue weighted by atomic mass is 9.64. The average Bonchev–Trinajstić information content (AvgIpc) is 2.91. The van der Waals surface area contributed by atoms with Crippen LogP contribution in [0.1, 0.15) is 47.0 Å². The maximum Gasteiger partial charge on any atom is 0.231 e. The number of Topliss-reactive ketones (excluding diaryl/α,β-unsaturated/α-hetero) is 1. The molecule has 2 atom stereocenters. The van der Waals surface area contributed by atoms with Gasteiger partial charge in [0.05, 0.1) is 12.0 Å². The first kappa shape index (κ1) is 18.9. The largest absolute Gasteiger partial charge is 0.395 e. The monoisotopic (exact) mass is 358 g/mol. The Morgan fingerprint density at radius 2 is 1.85 bits per heavy atom. The number of fused-ring (bicyclic) bond motifs is 2. The number of nitrogens with zero attached hydrogens (tertiary/aromatic N) is 1. The van der Waals surface area contributed by atoms with Gasteiger partial charge < -0.3 is 15.3 Å². The van der Waals surface area contributed by atoms with Crippen molar-refractivity contribution in [1.29, 1.82) is 0 Å². The van der Waals surface area contributed by atoms with Crippen LogP contribution in [0.15, 0.2) is 24.3 Å². The zero-order valence-corrected chi connectivity index (χ0v) is 16.3. The summed E-state index contributed by atoms with van der Waals surface area (Å²) in [5.74, 6) is 0.189. The molecule has 2 aliphatic rings. The number of carbonyl (C=O) groups excluding carboxylic acids is 2. The van der Waals surface area contributed by atoms with Crippen LogP contribution in [-0.4, -0.2) is 36.5 Å². The molecular formula is C21H30N2O3. The van der Waals surface area contributed by atoms with E-state index in [4.69, 9.17) is 5.11 Å². The lowest BCUT2D eigenvalue weighted by Gasteiger charge is -2.38. The molecule has 2 saturated carbocycles. The van der Waals surface area contributed by atoms with E-state index < -0.39 is 5.41 Å². The van der Waals surface area contributed by atoms with Crippen molar-refractivity contribution in [3.8, 4) is 0 Å². The minimum Gasteiger partial charge on any atom is -0.395 e. The molecule has 2 unspecified atom stereocenters. The maximum absolute atomic E-state index is 13.2. The van der Waals surface area contributed by atoms with Crippen LogP contribution in [0.2, 0.25) is 0 Å². The number of carbonyl (C=O) groups is 2. The Bertz CT molecular complexity index is 712. The van der Waals surface area contributed by atoms with E-state index in [1.807, 2.05) is 38.1 Å². The van der Waals surface area contributed by atoms with Crippen LogP contribution in [0.3, 0.4) is 0 Å². The minimum atomic E-state index is -0.607. The van der Waals surface area contributed by atoms with E-state index in [-0.39, 0.29) is 29.1 Å². The predicted molar refractivity (Wildman–Crippen MR) is 103 cm³/mol. The molecule has 1 amide bonds. The van der Waals surface area contributed by atoms with Gasteiger partial charge in [-0.05, 0) is 49.4 Å². The summed E-state index contributed by atoms with van der Waals surface area (Å²) in [5.41, 5.74) is 0.435. The van der Waals surface area contributed by atoms with Gasteiger partial charge in [0.1, 0.15) is 5.78 Å². The lowest BCUT2D eigenvalue weighted by Crippen LogP contribution is -2.43. The number of benzene rings is 1. The molecule has 5 nitrogen and oxygen atoms in total. The summed E-state index contributed by atoms with van der Waals surface area (Å²) in [7, 11) is 0. The van der Waals surface area contributed by atoms with Crippen molar-refractivity contribution in [2.75, 3.05) is 29.9 Å². The van der Waals surface area contributed by atoms with Gasteiger partial charge in [0.15, 0.2) is 0 Å². The smallest absolute Gasteiger partial charge is 0.231 e. The van der Waals surface area contributed by atoms with E-state index in [0.717, 1.165) is 30.8 Å². The number of aliphatic hydroxyl groups is 1. The van der Waals surface area contributed by atoms with Gasteiger partial charge in [0, 0.05) is 36.3 Å². The molecule has 0 spiro atoms. The fourth-order valence-electron chi connectivity index (χ4n) is 4.96. The molecule has 0 aromatic heterocycles. The first-order chi connectivity index (χ1) is 12.2. The van der Waals surface area contributed by atoms with Gasteiger partial charge >= 0.3 is 0 Å². The van der Waals surface area contributed by atoms with Crippen molar-refractivity contribution in [3.05, 3.63) is 24.3 Å². The van der Waals surface area contributed by atoms with Crippen LogP contribution in [0.25, 0.3) is 0 Å².